The molecule has 1 aromatic carbocycles. The maximum absolute atomic E-state index is 12.7. The van der Waals surface area contributed by atoms with Crippen LogP contribution in [-0.4, -0.2) is 52.0 Å². The Labute approximate surface area is 193 Å². The molecule has 1 aliphatic rings. The monoisotopic (exact) mass is 550 g/mol. The average Bonchev–Trinajstić information content (AvgIpc) is 3.22. The Morgan fingerprint density at radius 3 is 2.55 bits per heavy atom. The molecule has 0 spiro atoms. The second-order valence-electron chi connectivity index (χ2n) is 6.44. The third-order valence-corrected chi connectivity index (χ3v) is 7.96. The fourth-order valence-electron chi connectivity index (χ4n) is 2.90. The van der Waals surface area contributed by atoms with E-state index in [2.05, 4.69) is 34.7 Å². The van der Waals surface area contributed by atoms with Gasteiger partial charge < -0.3 is 15.4 Å². The Hall–Kier alpha value is -1.21. The van der Waals surface area contributed by atoms with Gasteiger partial charge in [-0.1, -0.05) is 30.3 Å². The van der Waals surface area contributed by atoms with Crippen LogP contribution in [-0.2, 0) is 21.3 Å². The van der Waals surface area contributed by atoms with Crippen LogP contribution in [0.3, 0.4) is 0 Å². The third-order valence-electron chi connectivity index (χ3n) is 4.51. The minimum absolute atomic E-state index is 0. The van der Waals surface area contributed by atoms with Gasteiger partial charge in [0.2, 0.25) is 0 Å². The molecule has 7 nitrogen and oxygen atoms in total. The van der Waals surface area contributed by atoms with E-state index in [1.165, 1.54) is 21.2 Å². The van der Waals surface area contributed by atoms with Crippen molar-refractivity contribution in [1.82, 2.24) is 14.9 Å². The predicted octanol–water partition coefficient (Wildman–Crippen LogP) is 2.81. The van der Waals surface area contributed by atoms with Crippen molar-refractivity contribution >= 4 is 51.3 Å². The first-order valence-corrected chi connectivity index (χ1v) is 11.4. The van der Waals surface area contributed by atoms with Gasteiger partial charge in [-0.2, -0.15) is 4.31 Å². The lowest BCUT2D eigenvalue weighted by Crippen LogP contribution is -2.40. The van der Waals surface area contributed by atoms with Crippen molar-refractivity contribution < 1.29 is 13.2 Å². The first kappa shape index (κ1) is 24.1. The Morgan fingerprint density at radius 1 is 1.21 bits per heavy atom. The van der Waals surface area contributed by atoms with Crippen LogP contribution < -0.4 is 10.6 Å². The number of rotatable bonds is 6. The molecule has 1 unspecified atom stereocenters. The van der Waals surface area contributed by atoms with E-state index in [1.807, 2.05) is 24.3 Å². The zero-order valence-corrected chi connectivity index (χ0v) is 20.5. The standard InChI is InChI=1S/C19H26N4O3S2.HI/c1-15(16-6-4-3-5-7-16)22-19(20-2)21-14-17-8-9-18(27-17)28(24,25)23-10-12-26-13-11-23;/h3-9,15H,10-14H2,1-2H3,(H2,20,21,22);1H. The van der Waals surface area contributed by atoms with E-state index >= 15 is 0 Å². The number of halogens is 1. The molecule has 0 amide bonds. The molecule has 0 saturated carbocycles. The van der Waals surface area contributed by atoms with E-state index in [-0.39, 0.29) is 30.0 Å². The summed E-state index contributed by atoms with van der Waals surface area (Å²) in [5.41, 5.74) is 1.17. The number of sulfonamides is 1. The minimum atomic E-state index is -3.44. The molecule has 0 bridgehead atoms. The van der Waals surface area contributed by atoms with Crippen LogP contribution in [0.5, 0.6) is 0 Å². The smallest absolute Gasteiger partial charge is 0.252 e. The van der Waals surface area contributed by atoms with Crippen LogP contribution in [0.4, 0.5) is 0 Å². The Balaban J connectivity index is 0.00000300. The summed E-state index contributed by atoms with van der Waals surface area (Å²) < 4.78 is 32.5. The van der Waals surface area contributed by atoms with Crippen molar-refractivity contribution in [3.8, 4) is 0 Å². The summed E-state index contributed by atoms with van der Waals surface area (Å²) >= 11 is 1.29. The van der Waals surface area contributed by atoms with E-state index in [0.29, 0.717) is 43.0 Å². The van der Waals surface area contributed by atoms with Gasteiger partial charge in [-0.05, 0) is 24.6 Å². The Kier molecular flexibility index (Phi) is 9.34. The summed E-state index contributed by atoms with van der Waals surface area (Å²) in [6.07, 6.45) is 0. The van der Waals surface area contributed by atoms with Crippen molar-refractivity contribution in [1.29, 1.82) is 0 Å². The van der Waals surface area contributed by atoms with Crippen molar-refractivity contribution in [2.45, 2.75) is 23.7 Å². The molecule has 10 heteroatoms. The topological polar surface area (TPSA) is 83.0 Å². The van der Waals surface area contributed by atoms with Gasteiger partial charge in [0.1, 0.15) is 4.21 Å². The fraction of sp³-hybridized carbons (Fsp3) is 0.421. The van der Waals surface area contributed by atoms with Gasteiger partial charge in [0.25, 0.3) is 10.0 Å². The van der Waals surface area contributed by atoms with Crippen LogP contribution in [0.15, 0.2) is 51.7 Å². The third kappa shape index (κ3) is 6.38. The van der Waals surface area contributed by atoms with Gasteiger partial charge >= 0.3 is 0 Å². The summed E-state index contributed by atoms with van der Waals surface area (Å²) in [5, 5.41) is 6.60. The molecule has 1 fully saturated rings. The average molecular weight is 550 g/mol. The SMILES string of the molecule is CN=C(NCc1ccc(S(=O)(=O)N2CCOCC2)s1)NC(C)c1ccccc1.I. The maximum Gasteiger partial charge on any atom is 0.252 e. The Morgan fingerprint density at radius 2 is 1.90 bits per heavy atom. The summed E-state index contributed by atoms with van der Waals surface area (Å²) in [7, 11) is -1.72. The second kappa shape index (κ2) is 11.3. The molecule has 0 aliphatic carbocycles. The highest BCUT2D eigenvalue weighted by Crippen LogP contribution is 2.25. The summed E-state index contributed by atoms with van der Waals surface area (Å²) in [4.78, 5) is 5.19. The van der Waals surface area contributed by atoms with Crippen molar-refractivity contribution in [3.63, 3.8) is 0 Å². The molecule has 2 heterocycles. The Bertz CT molecular complexity index is 897. The molecule has 1 aliphatic heterocycles. The molecule has 1 atom stereocenters. The summed E-state index contributed by atoms with van der Waals surface area (Å²) in [5.74, 6) is 0.669. The molecule has 160 valence electrons. The number of benzene rings is 1. The van der Waals surface area contributed by atoms with Gasteiger partial charge in [0.05, 0.1) is 25.8 Å². The van der Waals surface area contributed by atoms with E-state index in [1.54, 1.807) is 13.1 Å². The number of thiophene rings is 1. The van der Waals surface area contributed by atoms with Crippen LogP contribution in [0.2, 0.25) is 0 Å². The number of hydrogen-bond acceptors (Lipinski definition) is 5. The molecular weight excluding hydrogens is 523 g/mol. The summed E-state index contributed by atoms with van der Waals surface area (Å²) in [6.45, 7) is 4.27. The molecule has 3 rings (SSSR count). The zero-order valence-electron chi connectivity index (χ0n) is 16.5. The number of ether oxygens (including phenoxy) is 1. The van der Waals surface area contributed by atoms with Gasteiger partial charge in [-0.15, -0.1) is 35.3 Å². The predicted molar refractivity (Wildman–Crippen MR) is 128 cm³/mol. The first-order valence-electron chi connectivity index (χ1n) is 9.19. The van der Waals surface area contributed by atoms with Gasteiger partial charge in [0, 0.05) is 25.0 Å². The number of nitrogens with zero attached hydrogens (tertiary/aromatic N) is 2. The molecule has 1 saturated heterocycles. The molecular formula is C19H27IN4O3S2. The van der Waals surface area contributed by atoms with Crippen molar-refractivity contribution in [3.05, 3.63) is 52.9 Å². The highest BCUT2D eigenvalue weighted by Gasteiger charge is 2.27. The van der Waals surface area contributed by atoms with E-state index in [0.717, 1.165) is 4.88 Å². The zero-order chi connectivity index (χ0) is 20.0. The van der Waals surface area contributed by atoms with Crippen LogP contribution in [0.25, 0.3) is 0 Å². The van der Waals surface area contributed by atoms with Crippen LogP contribution >= 0.6 is 35.3 Å². The molecule has 2 aromatic rings. The van der Waals surface area contributed by atoms with Gasteiger partial charge in [-0.3, -0.25) is 4.99 Å². The number of guanidine groups is 1. The van der Waals surface area contributed by atoms with Crippen LogP contribution in [0, 0.1) is 0 Å². The lowest BCUT2D eigenvalue weighted by atomic mass is 10.1. The highest BCUT2D eigenvalue weighted by atomic mass is 127. The number of hydrogen-bond donors (Lipinski definition) is 2. The second-order valence-corrected chi connectivity index (χ2v) is 9.77. The normalized spacial score (nSPS) is 16.7. The fourth-order valence-corrected chi connectivity index (χ4v) is 5.76. The van der Waals surface area contributed by atoms with E-state index in [4.69, 9.17) is 4.74 Å². The van der Waals surface area contributed by atoms with E-state index in [9.17, 15) is 8.42 Å². The largest absolute Gasteiger partial charge is 0.379 e. The molecule has 0 radical (unpaired) electrons. The molecule has 29 heavy (non-hydrogen) atoms. The molecule has 2 N–H and O–H groups in total. The maximum atomic E-state index is 12.7. The first-order chi connectivity index (χ1) is 13.5. The number of aliphatic imine (C=N–C) groups is 1. The number of morpholine rings is 1. The van der Waals surface area contributed by atoms with Gasteiger partial charge in [0.15, 0.2) is 5.96 Å². The minimum Gasteiger partial charge on any atom is -0.379 e. The molecule has 1 aromatic heterocycles. The lowest BCUT2D eigenvalue weighted by molar-refractivity contribution is 0.0731. The number of nitrogens with one attached hydrogen (secondary N) is 2. The van der Waals surface area contributed by atoms with Crippen LogP contribution in [0.1, 0.15) is 23.4 Å². The van der Waals surface area contributed by atoms with E-state index < -0.39 is 10.0 Å². The van der Waals surface area contributed by atoms with Crippen molar-refractivity contribution in [2.75, 3.05) is 33.4 Å². The lowest BCUT2D eigenvalue weighted by Gasteiger charge is -2.25. The quantitative estimate of drug-likeness (QED) is 0.329. The highest BCUT2D eigenvalue weighted by molar-refractivity contribution is 14.0. The van der Waals surface area contributed by atoms with Gasteiger partial charge in [-0.25, -0.2) is 8.42 Å². The summed E-state index contributed by atoms with van der Waals surface area (Å²) in [6, 6.07) is 13.8. The van der Waals surface area contributed by atoms with Crippen molar-refractivity contribution in [2.24, 2.45) is 4.99 Å².